The van der Waals surface area contributed by atoms with Gasteiger partial charge in [0, 0.05) is 17.8 Å². The fourth-order valence-corrected chi connectivity index (χ4v) is 2.41. The molecule has 2 aromatic heterocycles. The van der Waals surface area contributed by atoms with Crippen molar-refractivity contribution in [2.75, 3.05) is 6.61 Å². The number of aromatic nitrogens is 2. The number of benzene rings is 1. The maximum absolute atomic E-state index is 5.79. The number of nitrogens with zero attached hydrogens (tertiary/aromatic N) is 2. The average Bonchev–Trinajstić information content (AvgIpc) is 2.48. The summed E-state index contributed by atoms with van der Waals surface area (Å²) >= 11 is 0. The number of aryl methyl sites for hydroxylation is 2. The lowest BCUT2D eigenvalue weighted by atomic mass is 10.1. The van der Waals surface area contributed by atoms with E-state index < -0.39 is 0 Å². The van der Waals surface area contributed by atoms with Gasteiger partial charge in [-0.15, -0.1) is 0 Å². The third-order valence-electron chi connectivity index (χ3n) is 3.38. The van der Waals surface area contributed by atoms with Crippen molar-refractivity contribution in [1.82, 2.24) is 9.97 Å². The molecule has 0 aliphatic carbocycles. The van der Waals surface area contributed by atoms with Crippen molar-refractivity contribution < 1.29 is 4.74 Å². The molecule has 0 radical (unpaired) electrons. The SMILES string of the molecule is CCOc1cc(-c2cccc(C)c2)nc2ncc(C)cc12. The second-order valence-corrected chi connectivity index (χ2v) is 5.19. The van der Waals surface area contributed by atoms with Crippen molar-refractivity contribution in [3.05, 3.63) is 53.7 Å². The molecule has 1 aromatic carbocycles. The van der Waals surface area contributed by atoms with E-state index in [4.69, 9.17) is 4.74 Å². The molecule has 3 heteroatoms. The molecule has 3 rings (SSSR count). The van der Waals surface area contributed by atoms with Crippen LogP contribution in [-0.4, -0.2) is 16.6 Å². The minimum atomic E-state index is 0.625. The summed E-state index contributed by atoms with van der Waals surface area (Å²) in [6.45, 7) is 6.72. The average molecular weight is 278 g/mol. The second kappa shape index (κ2) is 5.52. The summed E-state index contributed by atoms with van der Waals surface area (Å²) in [6, 6.07) is 12.4. The van der Waals surface area contributed by atoms with Gasteiger partial charge in [0.15, 0.2) is 5.65 Å². The number of fused-ring (bicyclic) bond motifs is 1. The van der Waals surface area contributed by atoms with Crippen LogP contribution in [0.3, 0.4) is 0 Å². The Labute approximate surface area is 124 Å². The predicted molar refractivity (Wildman–Crippen MR) is 85.6 cm³/mol. The summed E-state index contributed by atoms with van der Waals surface area (Å²) in [4.78, 5) is 9.12. The maximum atomic E-state index is 5.79. The minimum Gasteiger partial charge on any atom is -0.493 e. The van der Waals surface area contributed by atoms with Gasteiger partial charge < -0.3 is 4.74 Å². The Morgan fingerprint density at radius 2 is 1.90 bits per heavy atom. The summed E-state index contributed by atoms with van der Waals surface area (Å²) in [5, 5.41) is 0.966. The Morgan fingerprint density at radius 3 is 2.67 bits per heavy atom. The van der Waals surface area contributed by atoms with Crippen LogP contribution >= 0.6 is 0 Å². The van der Waals surface area contributed by atoms with Gasteiger partial charge in [0.1, 0.15) is 5.75 Å². The molecule has 0 saturated heterocycles. The van der Waals surface area contributed by atoms with E-state index in [0.717, 1.165) is 33.6 Å². The number of ether oxygens (including phenoxy) is 1. The first-order chi connectivity index (χ1) is 10.2. The van der Waals surface area contributed by atoms with Crippen LogP contribution in [0.15, 0.2) is 42.6 Å². The normalized spacial score (nSPS) is 10.8. The van der Waals surface area contributed by atoms with Crippen LogP contribution in [0.2, 0.25) is 0 Å². The van der Waals surface area contributed by atoms with E-state index in [9.17, 15) is 0 Å². The molecular formula is C18H18N2O. The number of rotatable bonds is 3. The van der Waals surface area contributed by atoms with Gasteiger partial charge in [0.2, 0.25) is 0 Å². The molecule has 106 valence electrons. The molecule has 2 heterocycles. The molecule has 0 bridgehead atoms. The van der Waals surface area contributed by atoms with Gasteiger partial charge >= 0.3 is 0 Å². The molecule has 0 spiro atoms. The Morgan fingerprint density at radius 1 is 1.05 bits per heavy atom. The first-order valence-corrected chi connectivity index (χ1v) is 7.14. The van der Waals surface area contributed by atoms with Gasteiger partial charge in [-0.05, 0) is 38.5 Å². The molecule has 0 atom stereocenters. The molecule has 21 heavy (non-hydrogen) atoms. The summed E-state index contributed by atoms with van der Waals surface area (Å²) in [5.41, 5.74) is 5.02. The van der Waals surface area contributed by atoms with Crippen molar-refractivity contribution in [2.45, 2.75) is 20.8 Å². The fourth-order valence-electron chi connectivity index (χ4n) is 2.41. The van der Waals surface area contributed by atoms with Crippen molar-refractivity contribution in [3.8, 4) is 17.0 Å². The van der Waals surface area contributed by atoms with Gasteiger partial charge in [-0.2, -0.15) is 0 Å². The molecule has 0 fully saturated rings. The highest BCUT2D eigenvalue weighted by atomic mass is 16.5. The third kappa shape index (κ3) is 2.72. The van der Waals surface area contributed by atoms with Crippen LogP contribution in [0, 0.1) is 13.8 Å². The lowest BCUT2D eigenvalue weighted by Crippen LogP contribution is -1.97. The Balaban J connectivity index is 2.23. The monoisotopic (exact) mass is 278 g/mol. The van der Waals surface area contributed by atoms with E-state index in [-0.39, 0.29) is 0 Å². The largest absolute Gasteiger partial charge is 0.493 e. The lowest BCUT2D eigenvalue weighted by molar-refractivity contribution is 0.344. The summed E-state index contributed by atoms with van der Waals surface area (Å²) in [5.74, 6) is 0.843. The van der Waals surface area contributed by atoms with Gasteiger partial charge in [0.25, 0.3) is 0 Å². The van der Waals surface area contributed by atoms with Gasteiger partial charge in [-0.1, -0.05) is 23.8 Å². The van der Waals surface area contributed by atoms with Crippen molar-refractivity contribution >= 4 is 11.0 Å². The molecule has 3 nitrogen and oxygen atoms in total. The van der Waals surface area contributed by atoms with Crippen LogP contribution in [-0.2, 0) is 0 Å². The van der Waals surface area contributed by atoms with Crippen LogP contribution in [0.25, 0.3) is 22.3 Å². The predicted octanol–water partition coefficient (Wildman–Crippen LogP) is 4.31. The van der Waals surface area contributed by atoms with Crippen LogP contribution in [0.1, 0.15) is 18.1 Å². The molecule has 0 unspecified atom stereocenters. The third-order valence-corrected chi connectivity index (χ3v) is 3.38. The highest BCUT2D eigenvalue weighted by molar-refractivity contribution is 5.85. The standard InChI is InChI=1S/C18H18N2O/c1-4-21-17-10-16(14-7-5-6-12(2)8-14)20-18-15(17)9-13(3)11-19-18/h5-11H,4H2,1-3H3. The summed E-state index contributed by atoms with van der Waals surface area (Å²) < 4.78 is 5.79. The van der Waals surface area contributed by atoms with E-state index in [0.29, 0.717) is 6.61 Å². The molecule has 0 amide bonds. The highest BCUT2D eigenvalue weighted by Crippen LogP contribution is 2.30. The lowest BCUT2D eigenvalue weighted by Gasteiger charge is -2.10. The molecular weight excluding hydrogens is 260 g/mol. The Bertz CT molecular complexity index is 796. The first kappa shape index (κ1) is 13.6. The Kier molecular flexibility index (Phi) is 3.57. The highest BCUT2D eigenvalue weighted by Gasteiger charge is 2.10. The zero-order valence-electron chi connectivity index (χ0n) is 12.6. The van der Waals surface area contributed by atoms with E-state index in [2.05, 4.69) is 41.2 Å². The number of hydrogen-bond donors (Lipinski definition) is 0. The molecule has 3 aromatic rings. The van der Waals surface area contributed by atoms with Crippen LogP contribution in [0.4, 0.5) is 0 Å². The summed E-state index contributed by atoms with van der Waals surface area (Å²) in [6.07, 6.45) is 1.84. The van der Waals surface area contributed by atoms with Crippen LogP contribution < -0.4 is 4.74 Å². The van der Waals surface area contributed by atoms with E-state index >= 15 is 0 Å². The molecule has 0 aliphatic heterocycles. The smallest absolute Gasteiger partial charge is 0.163 e. The van der Waals surface area contributed by atoms with Crippen molar-refractivity contribution in [1.29, 1.82) is 0 Å². The molecule has 0 N–H and O–H groups in total. The van der Waals surface area contributed by atoms with Gasteiger partial charge in [-0.3, -0.25) is 0 Å². The topological polar surface area (TPSA) is 35.0 Å². The number of pyridine rings is 2. The van der Waals surface area contributed by atoms with Crippen molar-refractivity contribution in [2.24, 2.45) is 0 Å². The maximum Gasteiger partial charge on any atom is 0.163 e. The fraction of sp³-hybridized carbons (Fsp3) is 0.222. The zero-order valence-corrected chi connectivity index (χ0v) is 12.6. The molecule has 0 saturated carbocycles. The van der Waals surface area contributed by atoms with Gasteiger partial charge in [0.05, 0.1) is 17.7 Å². The summed E-state index contributed by atoms with van der Waals surface area (Å²) in [7, 11) is 0. The van der Waals surface area contributed by atoms with Crippen LogP contribution in [0.5, 0.6) is 5.75 Å². The van der Waals surface area contributed by atoms with Crippen molar-refractivity contribution in [3.63, 3.8) is 0 Å². The number of hydrogen-bond acceptors (Lipinski definition) is 3. The first-order valence-electron chi connectivity index (χ1n) is 7.14. The van der Waals surface area contributed by atoms with E-state index in [1.807, 2.05) is 32.2 Å². The molecule has 0 aliphatic rings. The van der Waals surface area contributed by atoms with Gasteiger partial charge in [-0.25, -0.2) is 9.97 Å². The second-order valence-electron chi connectivity index (χ2n) is 5.19. The Hall–Kier alpha value is -2.42. The zero-order chi connectivity index (χ0) is 14.8. The quantitative estimate of drug-likeness (QED) is 0.716. The van der Waals surface area contributed by atoms with E-state index in [1.54, 1.807) is 0 Å². The van der Waals surface area contributed by atoms with E-state index in [1.165, 1.54) is 5.56 Å². The minimum absolute atomic E-state index is 0.625.